The number of hydrogen-bond donors (Lipinski definition) is 3. The summed E-state index contributed by atoms with van der Waals surface area (Å²) in [7, 11) is 1.34. The van der Waals surface area contributed by atoms with E-state index in [-0.39, 0.29) is 5.97 Å². The number of nitrogens with two attached hydrogens (primary N) is 1. The van der Waals surface area contributed by atoms with Gasteiger partial charge in [-0.25, -0.2) is 20.6 Å². The number of aromatic nitrogens is 2. The number of anilines is 2. The molecule has 0 spiro atoms. The molecule has 94 valence electrons. The fourth-order valence-corrected chi connectivity index (χ4v) is 1.35. The second kappa shape index (κ2) is 5.44. The zero-order valence-electron chi connectivity index (χ0n) is 10.4. The Balaban J connectivity index is 2.98. The molecule has 7 heteroatoms. The molecule has 0 saturated carbocycles. The zero-order chi connectivity index (χ0) is 13.0. The lowest BCUT2D eigenvalue weighted by molar-refractivity contribution is -0.141. The van der Waals surface area contributed by atoms with E-state index >= 15 is 0 Å². The summed E-state index contributed by atoms with van der Waals surface area (Å²) in [5, 5.41) is 2.96. The highest BCUT2D eigenvalue weighted by Crippen LogP contribution is 2.19. The van der Waals surface area contributed by atoms with Gasteiger partial charge in [-0.2, -0.15) is 0 Å². The molecule has 0 fully saturated rings. The Labute approximate surface area is 99.7 Å². The first-order chi connectivity index (χ1) is 7.99. The minimum Gasteiger partial charge on any atom is -0.467 e. The molecule has 1 aromatic heterocycles. The van der Waals surface area contributed by atoms with E-state index in [2.05, 4.69) is 25.4 Å². The summed E-state index contributed by atoms with van der Waals surface area (Å²) in [6, 6.07) is -0.487. The monoisotopic (exact) mass is 239 g/mol. The van der Waals surface area contributed by atoms with Crippen molar-refractivity contribution < 1.29 is 9.53 Å². The van der Waals surface area contributed by atoms with E-state index in [9.17, 15) is 4.79 Å². The number of carbonyl (C=O) groups is 1. The molecule has 1 aromatic rings. The molecule has 0 radical (unpaired) electrons. The van der Waals surface area contributed by atoms with Gasteiger partial charge in [0.1, 0.15) is 23.5 Å². The highest BCUT2D eigenvalue weighted by atomic mass is 16.5. The average molecular weight is 239 g/mol. The number of nitrogen functional groups attached to an aromatic ring is 1. The molecule has 4 N–H and O–H groups in total. The van der Waals surface area contributed by atoms with Crippen LogP contribution in [0.3, 0.4) is 0 Å². The molecule has 0 aliphatic carbocycles. The lowest BCUT2D eigenvalue weighted by Crippen LogP contribution is -2.28. The third-order valence-electron chi connectivity index (χ3n) is 2.30. The molecular weight excluding hydrogens is 222 g/mol. The highest BCUT2D eigenvalue weighted by Gasteiger charge is 2.16. The SMILES string of the molecule is COC(=O)C(C)Nc1nc(C)nc(NN)c1C. The molecule has 1 unspecified atom stereocenters. The molecule has 0 saturated heterocycles. The Morgan fingerprint density at radius 1 is 1.35 bits per heavy atom. The Morgan fingerprint density at radius 3 is 2.47 bits per heavy atom. The lowest BCUT2D eigenvalue weighted by Gasteiger charge is -2.16. The first kappa shape index (κ1) is 13.2. The van der Waals surface area contributed by atoms with Gasteiger partial charge < -0.3 is 15.5 Å². The zero-order valence-corrected chi connectivity index (χ0v) is 10.4. The molecular formula is C10H17N5O2. The fourth-order valence-electron chi connectivity index (χ4n) is 1.35. The van der Waals surface area contributed by atoms with E-state index in [0.29, 0.717) is 17.5 Å². The van der Waals surface area contributed by atoms with E-state index in [4.69, 9.17) is 5.84 Å². The number of esters is 1. The van der Waals surface area contributed by atoms with E-state index in [1.807, 2.05) is 0 Å². The molecule has 0 aliphatic rings. The Kier molecular flexibility index (Phi) is 4.22. The van der Waals surface area contributed by atoms with Crippen molar-refractivity contribution in [2.75, 3.05) is 17.9 Å². The molecule has 0 amide bonds. The van der Waals surface area contributed by atoms with Crippen molar-refractivity contribution >= 4 is 17.6 Å². The highest BCUT2D eigenvalue weighted by molar-refractivity contribution is 5.78. The summed E-state index contributed by atoms with van der Waals surface area (Å²) in [4.78, 5) is 19.6. The maximum Gasteiger partial charge on any atom is 0.328 e. The maximum absolute atomic E-state index is 11.3. The number of carbonyl (C=O) groups excluding carboxylic acids is 1. The predicted octanol–water partition coefficient (Wildman–Crippen LogP) is 0.352. The topological polar surface area (TPSA) is 102 Å². The normalized spacial score (nSPS) is 11.8. The minimum atomic E-state index is -0.487. The van der Waals surface area contributed by atoms with Crippen molar-refractivity contribution in [1.29, 1.82) is 0 Å². The van der Waals surface area contributed by atoms with Gasteiger partial charge in [0.15, 0.2) is 0 Å². The van der Waals surface area contributed by atoms with Crippen LogP contribution in [0.1, 0.15) is 18.3 Å². The van der Waals surface area contributed by atoms with Crippen molar-refractivity contribution in [2.24, 2.45) is 5.84 Å². The molecule has 0 aromatic carbocycles. The summed E-state index contributed by atoms with van der Waals surface area (Å²) in [6.07, 6.45) is 0. The molecule has 0 bridgehead atoms. The third kappa shape index (κ3) is 3.04. The molecule has 1 rings (SSSR count). The van der Waals surface area contributed by atoms with Gasteiger partial charge in [0.05, 0.1) is 7.11 Å². The van der Waals surface area contributed by atoms with Crippen LogP contribution in [0.4, 0.5) is 11.6 Å². The number of aryl methyl sites for hydroxylation is 1. The number of hydrazine groups is 1. The van der Waals surface area contributed by atoms with Crippen LogP contribution in [0.15, 0.2) is 0 Å². The summed E-state index contributed by atoms with van der Waals surface area (Å²) < 4.78 is 4.63. The van der Waals surface area contributed by atoms with Gasteiger partial charge in [-0.3, -0.25) is 0 Å². The number of rotatable bonds is 4. The number of methoxy groups -OCH3 is 1. The molecule has 0 aliphatic heterocycles. The summed E-state index contributed by atoms with van der Waals surface area (Å²) in [5.41, 5.74) is 3.23. The van der Waals surface area contributed by atoms with Gasteiger partial charge in [-0.1, -0.05) is 0 Å². The van der Waals surface area contributed by atoms with Crippen LogP contribution in [0.25, 0.3) is 0 Å². The van der Waals surface area contributed by atoms with E-state index in [1.165, 1.54) is 7.11 Å². The second-order valence-corrected chi connectivity index (χ2v) is 3.63. The molecule has 17 heavy (non-hydrogen) atoms. The number of nitrogens with zero attached hydrogens (tertiary/aromatic N) is 2. The van der Waals surface area contributed by atoms with Crippen LogP contribution < -0.4 is 16.6 Å². The molecule has 7 nitrogen and oxygen atoms in total. The average Bonchev–Trinajstić information content (AvgIpc) is 2.31. The van der Waals surface area contributed by atoms with Gasteiger partial charge in [0.25, 0.3) is 0 Å². The quantitative estimate of drug-likeness (QED) is 0.396. The first-order valence-electron chi connectivity index (χ1n) is 5.15. The number of nitrogens with one attached hydrogen (secondary N) is 2. The minimum absolute atomic E-state index is 0.358. The van der Waals surface area contributed by atoms with Gasteiger partial charge in [-0.15, -0.1) is 0 Å². The van der Waals surface area contributed by atoms with E-state index in [1.54, 1.807) is 20.8 Å². The molecule has 1 atom stereocenters. The van der Waals surface area contributed by atoms with Crippen molar-refractivity contribution in [3.63, 3.8) is 0 Å². The van der Waals surface area contributed by atoms with Crippen molar-refractivity contribution in [2.45, 2.75) is 26.8 Å². The van der Waals surface area contributed by atoms with Crippen molar-refractivity contribution in [1.82, 2.24) is 9.97 Å². The number of ether oxygens (including phenoxy) is 1. The first-order valence-corrected chi connectivity index (χ1v) is 5.15. The van der Waals surface area contributed by atoms with Gasteiger partial charge >= 0.3 is 5.97 Å². The Hall–Kier alpha value is -1.89. The summed E-state index contributed by atoms with van der Waals surface area (Å²) in [6.45, 7) is 5.24. The standard InChI is InChI=1S/C10H17N5O2/c1-5-8(12-6(2)10(16)17-4)13-7(3)14-9(5)15-11/h6H,11H2,1-4H3,(H2,12,13,14,15). The van der Waals surface area contributed by atoms with Crippen LogP contribution >= 0.6 is 0 Å². The van der Waals surface area contributed by atoms with Crippen LogP contribution in [0.2, 0.25) is 0 Å². The van der Waals surface area contributed by atoms with E-state index in [0.717, 1.165) is 5.56 Å². The van der Waals surface area contributed by atoms with Crippen LogP contribution in [0, 0.1) is 13.8 Å². The lowest BCUT2D eigenvalue weighted by atomic mass is 10.2. The molecule has 1 heterocycles. The summed E-state index contributed by atoms with van der Waals surface area (Å²) >= 11 is 0. The fraction of sp³-hybridized carbons (Fsp3) is 0.500. The van der Waals surface area contributed by atoms with E-state index < -0.39 is 6.04 Å². The second-order valence-electron chi connectivity index (χ2n) is 3.63. The van der Waals surface area contributed by atoms with Crippen molar-refractivity contribution in [3.8, 4) is 0 Å². The van der Waals surface area contributed by atoms with Gasteiger partial charge in [-0.05, 0) is 20.8 Å². The Bertz CT molecular complexity index is 421. The Morgan fingerprint density at radius 2 is 1.94 bits per heavy atom. The smallest absolute Gasteiger partial charge is 0.328 e. The summed E-state index contributed by atoms with van der Waals surface area (Å²) in [5.74, 6) is 6.63. The van der Waals surface area contributed by atoms with Gasteiger partial charge in [0, 0.05) is 5.56 Å². The van der Waals surface area contributed by atoms with Crippen LogP contribution in [-0.2, 0) is 9.53 Å². The number of hydrogen-bond acceptors (Lipinski definition) is 7. The third-order valence-corrected chi connectivity index (χ3v) is 2.30. The van der Waals surface area contributed by atoms with Gasteiger partial charge in [0.2, 0.25) is 0 Å². The van der Waals surface area contributed by atoms with Crippen molar-refractivity contribution in [3.05, 3.63) is 11.4 Å². The maximum atomic E-state index is 11.3. The van der Waals surface area contributed by atoms with Crippen LogP contribution in [0.5, 0.6) is 0 Å². The van der Waals surface area contributed by atoms with Crippen LogP contribution in [-0.4, -0.2) is 29.1 Å². The predicted molar refractivity (Wildman–Crippen MR) is 64.4 cm³/mol. The largest absolute Gasteiger partial charge is 0.467 e.